The van der Waals surface area contributed by atoms with Crippen molar-refractivity contribution < 1.29 is 36.0 Å². The minimum absolute atomic E-state index is 0.0263. The largest absolute Gasteiger partial charge is 0.573 e. The van der Waals surface area contributed by atoms with Crippen LogP contribution in [0.2, 0.25) is 10.0 Å². The van der Waals surface area contributed by atoms with E-state index in [4.69, 9.17) is 28.0 Å². The number of halogens is 5. The maximum absolute atomic E-state index is 13.3. The molecule has 0 spiro atoms. The molecule has 0 aliphatic carbocycles. The molecule has 0 unspecified atom stereocenters. The van der Waals surface area contributed by atoms with E-state index in [1.807, 2.05) is 0 Å². The molecular weight excluding hydrogens is 532 g/mol. The zero-order valence-electron chi connectivity index (χ0n) is 17.6. The van der Waals surface area contributed by atoms with E-state index in [9.17, 15) is 26.4 Å². The molecule has 184 valence electrons. The van der Waals surface area contributed by atoms with Crippen molar-refractivity contribution in [2.75, 3.05) is 5.32 Å². The minimum atomic E-state index is -4.87. The molecule has 0 heterocycles. The Morgan fingerprint density at radius 1 is 0.943 bits per heavy atom. The average Bonchev–Trinajstić information content (AvgIpc) is 2.76. The molecule has 0 aromatic heterocycles. The molecule has 3 aromatic carbocycles. The number of hydrogen-bond acceptors (Lipinski definition) is 6. The summed E-state index contributed by atoms with van der Waals surface area (Å²) in [6.45, 7) is 1.77. The second-order valence-corrected chi connectivity index (χ2v) is 9.56. The topological polar surface area (TPSA) is 94.1 Å². The van der Waals surface area contributed by atoms with Gasteiger partial charge < -0.3 is 4.74 Å². The molecule has 0 bridgehead atoms. The number of ether oxygens (including phenoxy) is 1. The third-order valence-corrected chi connectivity index (χ3v) is 6.62. The molecule has 13 heteroatoms. The van der Waals surface area contributed by atoms with Crippen LogP contribution >= 0.6 is 23.2 Å². The van der Waals surface area contributed by atoms with Gasteiger partial charge in [-0.15, -0.1) is 13.2 Å². The molecule has 0 radical (unpaired) electrons. The fraction of sp³-hybridized carbons (Fsp3) is 0.0909. The van der Waals surface area contributed by atoms with Crippen LogP contribution in [0.1, 0.15) is 11.1 Å². The lowest BCUT2D eigenvalue weighted by atomic mass is 10.2. The Hall–Kier alpha value is -3.28. The van der Waals surface area contributed by atoms with Gasteiger partial charge in [-0.2, -0.15) is 0 Å². The standard InChI is InChI=1S/C22H15Cl2F3N2O5S/c1-13-5-11-16(12-6-13)35(31,32)20(19-17(23)3-2-4-18(19)24)29-34-21(30)28-14-7-9-15(10-8-14)33-22(25,26)27/h2-12H,1H3,(H,28,30). The predicted octanol–water partition coefficient (Wildman–Crippen LogP) is 6.58. The highest BCUT2D eigenvalue weighted by Gasteiger charge is 2.31. The van der Waals surface area contributed by atoms with Crippen LogP contribution in [-0.2, 0) is 14.7 Å². The van der Waals surface area contributed by atoms with Gasteiger partial charge >= 0.3 is 12.5 Å². The molecule has 1 amide bonds. The van der Waals surface area contributed by atoms with E-state index in [-0.39, 0.29) is 26.2 Å². The molecule has 0 saturated heterocycles. The van der Waals surface area contributed by atoms with Gasteiger partial charge in [0.05, 0.1) is 20.5 Å². The quantitative estimate of drug-likeness (QED) is 0.169. The third-order valence-electron chi connectivity index (χ3n) is 4.31. The van der Waals surface area contributed by atoms with E-state index in [1.165, 1.54) is 30.3 Å². The number of benzene rings is 3. The van der Waals surface area contributed by atoms with Crippen molar-refractivity contribution in [3.05, 3.63) is 87.9 Å². The fourth-order valence-corrected chi connectivity index (χ4v) is 4.75. The molecule has 7 nitrogen and oxygen atoms in total. The average molecular weight is 547 g/mol. The van der Waals surface area contributed by atoms with Gasteiger partial charge in [0.15, 0.2) is 0 Å². The number of carbonyl (C=O) groups is 1. The normalized spacial score (nSPS) is 12.2. The summed E-state index contributed by atoms with van der Waals surface area (Å²) < 4.78 is 67.2. The van der Waals surface area contributed by atoms with Crippen molar-refractivity contribution in [1.82, 2.24) is 0 Å². The monoisotopic (exact) mass is 546 g/mol. The molecular formula is C22H15Cl2F3N2O5S. The molecule has 3 aromatic rings. The van der Waals surface area contributed by atoms with E-state index in [0.717, 1.165) is 29.8 Å². The molecule has 35 heavy (non-hydrogen) atoms. The molecule has 0 fully saturated rings. The summed E-state index contributed by atoms with van der Waals surface area (Å²) in [5.41, 5.74) is 0.650. The first kappa shape index (κ1) is 26.3. The van der Waals surface area contributed by atoms with Crippen LogP contribution in [0.4, 0.5) is 23.7 Å². The zero-order chi connectivity index (χ0) is 25.8. The number of carbonyl (C=O) groups excluding carboxylic acids is 1. The number of nitrogens with zero attached hydrogens (tertiary/aromatic N) is 1. The van der Waals surface area contributed by atoms with Crippen LogP contribution in [0.3, 0.4) is 0 Å². The van der Waals surface area contributed by atoms with Crippen LogP contribution in [0.15, 0.2) is 76.8 Å². The van der Waals surface area contributed by atoms with Crippen LogP contribution in [-0.4, -0.2) is 25.9 Å². The number of hydrogen-bond donors (Lipinski definition) is 1. The Balaban J connectivity index is 1.90. The van der Waals surface area contributed by atoms with Crippen LogP contribution in [0.25, 0.3) is 0 Å². The van der Waals surface area contributed by atoms with Crippen molar-refractivity contribution in [1.29, 1.82) is 0 Å². The van der Waals surface area contributed by atoms with Gasteiger partial charge in [-0.3, -0.25) is 10.2 Å². The minimum Gasteiger partial charge on any atom is -0.406 e. The van der Waals surface area contributed by atoms with Gasteiger partial charge in [-0.25, -0.2) is 13.2 Å². The third kappa shape index (κ3) is 6.87. The molecule has 0 saturated carbocycles. The number of anilines is 1. The van der Waals surface area contributed by atoms with Gasteiger partial charge in [-0.1, -0.05) is 52.1 Å². The Labute approximate surface area is 208 Å². The second kappa shape index (κ2) is 10.5. The van der Waals surface area contributed by atoms with Gasteiger partial charge in [0, 0.05) is 5.69 Å². The first-order chi connectivity index (χ1) is 16.4. The molecule has 3 rings (SSSR count). The first-order valence-electron chi connectivity index (χ1n) is 9.55. The molecule has 0 atom stereocenters. The first-order valence-corrected chi connectivity index (χ1v) is 11.8. The van der Waals surface area contributed by atoms with Crippen LogP contribution < -0.4 is 10.1 Å². The number of aryl methyl sites for hydroxylation is 1. The summed E-state index contributed by atoms with van der Waals surface area (Å²) in [6.07, 6.45) is -6.10. The summed E-state index contributed by atoms with van der Waals surface area (Å²) in [7, 11) is -4.35. The SMILES string of the molecule is Cc1ccc(S(=O)(=O)C(=NOC(=O)Nc2ccc(OC(F)(F)F)cc2)c2c(Cl)cccc2Cl)cc1. The summed E-state index contributed by atoms with van der Waals surface area (Å²) >= 11 is 12.3. The lowest BCUT2D eigenvalue weighted by Crippen LogP contribution is -2.20. The maximum atomic E-state index is 13.3. The van der Waals surface area contributed by atoms with E-state index in [1.54, 1.807) is 19.1 Å². The summed E-state index contributed by atoms with van der Waals surface area (Å²) in [6, 6.07) is 14.2. The molecule has 0 aliphatic rings. The van der Waals surface area contributed by atoms with Gasteiger partial charge in [0.25, 0.3) is 0 Å². The smallest absolute Gasteiger partial charge is 0.406 e. The van der Waals surface area contributed by atoms with Gasteiger partial charge in [0.1, 0.15) is 5.75 Å². The molecule has 1 N–H and O–H groups in total. The molecule has 0 aliphatic heterocycles. The summed E-state index contributed by atoms with van der Waals surface area (Å²) in [4.78, 5) is 16.8. The number of alkyl halides is 3. The highest BCUT2D eigenvalue weighted by Crippen LogP contribution is 2.30. The fourth-order valence-electron chi connectivity index (χ4n) is 2.72. The maximum Gasteiger partial charge on any atom is 0.573 e. The Morgan fingerprint density at radius 2 is 1.51 bits per heavy atom. The Bertz CT molecular complexity index is 1340. The van der Waals surface area contributed by atoms with E-state index < -0.39 is 33.1 Å². The lowest BCUT2D eigenvalue weighted by molar-refractivity contribution is -0.274. The van der Waals surface area contributed by atoms with Crippen molar-refractivity contribution in [3.8, 4) is 5.75 Å². The lowest BCUT2D eigenvalue weighted by Gasteiger charge is -2.12. The number of nitrogens with one attached hydrogen (secondary N) is 1. The van der Waals surface area contributed by atoms with E-state index >= 15 is 0 Å². The number of rotatable bonds is 5. The van der Waals surface area contributed by atoms with Crippen molar-refractivity contribution in [2.45, 2.75) is 18.2 Å². The Morgan fingerprint density at radius 3 is 2.06 bits per heavy atom. The van der Waals surface area contributed by atoms with Crippen molar-refractivity contribution in [2.24, 2.45) is 5.16 Å². The highest BCUT2D eigenvalue weighted by atomic mass is 35.5. The predicted molar refractivity (Wildman–Crippen MR) is 125 cm³/mol. The van der Waals surface area contributed by atoms with Gasteiger partial charge in [0.2, 0.25) is 14.9 Å². The second-order valence-electron chi connectivity index (χ2n) is 6.89. The Kier molecular flexibility index (Phi) is 7.93. The summed E-state index contributed by atoms with van der Waals surface area (Å²) in [5, 5.41) is 4.88. The zero-order valence-corrected chi connectivity index (χ0v) is 20.0. The highest BCUT2D eigenvalue weighted by molar-refractivity contribution is 8.07. The van der Waals surface area contributed by atoms with E-state index in [2.05, 4.69) is 15.2 Å². The van der Waals surface area contributed by atoms with Gasteiger partial charge in [-0.05, 0) is 55.5 Å². The van der Waals surface area contributed by atoms with Crippen LogP contribution in [0, 0.1) is 6.92 Å². The van der Waals surface area contributed by atoms with Crippen LogP contribution in [0.5, 0.6) is 5.75 Å². The number of oxime groups is 1. The number of sulfone groups is 1. The van der Waals surface area contributed by atoms with Crippen molar-refractivity contribution >= 4 is 49.9 Å². The van der Waals surface area contributed by atoms with E-state index in [0.29, 0.717) is 0 Å². The van der Waals surface area contributed by atoms with Crippen molar-refractivity contribution in [3.63, 3.8) is 0 Å². The number of amides is 1. The summed E-state index contributed by atoms with van der Waals surface area (Å²) in [5.74, 6) is -0.505.